The third kappa shape index (κ3) is 2.96. The number of carbonyl (C=O) groups excluding carboxylic acids is 2. The smallest absolute Gasteiger partial charge is 0.352 e. The van der Waals surface area contributed by atoms with Gasteiger partial charge in [0.1, 0.15) is 35.2 Å². The highest BCUT2D eigenvalue weighted by molar-refractivity contribution is 8.00. The number of carboxylic acids is 1. The molecular formula is C16H16N2O6S. The van der Waals surface area contributed by atoms with Gasteiger partial charge in [-0.05, 0) is 19.1 Å². The maximum absolute atomic E-state index is 11.9. The van der Waals surface area contributed by atoms with E-state index in [1.54, 1.807) is 0 Å². The number of rotatable bonds is 5. The molecule has 2 aliphatic rings. The first-order valence-electron chi connectivity index (χ1n) is 7.43. The molecule has 0 spiro atoms. The molecule has 9 heteroatoms. The number of aromatic hydroxyl groups is 1. The second-order valence-corrected chi connectivity index (χ2v) is 6.82. The van der Waals surface area contributed by atoms with Gasteiger partial charge in [-0.2, -0.15) is 0 Å². The Hall–Kier alpha value is -2.52. The van der Waals surface area contributed by atoms with E-state index in [0.717, 1.165) is 0 Å². The van der Waals surface area contributed by atoms with Crippen LogP contribution in [0.25, 0.3) is 0 Å². The van der Waals surface area contributed by atoms with Gasteiger partial charge in [0, 0.05) is 17.4 Å². The number of nitrogens with zero attached hydrogens (tertiary/aromatic N) is 1. The summed E-state index contributed by atoms with van der Waals surface area (Å²) < 4.78 is 5.54. The lowest BCUT2D eigenvalue weighted by Crippen LogP contribution is -2.68. The Labute approximate surface area is 147 Å². The summed E-state index contributed by atoms with van der Waals surface area (Å²) in [4.78, 5) is 35.9. The van der Waals surface area contributed by atoms with Crippen molar-refractivity contribution in [2.45, 2.75) is 18.3 Å². The van der Waals surface area contributed by atoms with E-state index in [-0.39, 0.29) is 34.8 Å². The number of carbonyl (C=O) groups is 3. The van der Waals surface area contributed by atoms with Crippen LogP contribution in [-0.2, 0) is 9.59 Å². The number of ether oxygens (including phenoxy) is 1. The third-order valence-electron chi connectivity index (χ3n) is 4.05. The minimum absolute atomic E-state index is 0.0563. The molecule has 3 rings (SSSR count). The van der Waals surface area contributed by atoms with E-state index in [2.05, 4.69) is 0 Å². The van der Waals surface area contributed by atoms with E-state index in [1.807, 2.05) is 0 Å². The number of thioether (sulfide) groups is 1. The van der Waals surface area contributed by atoms with Crippen molar-refractivity contribution in [3.05, 3.63) is 35.0 Å². The molecule has 2 aliphatic heterocycles. The second-order valence-electron chi connectivity index (χ2n) is 5.72. The van der Waals surface area contributed by atoms with Crippen LogP contribution in [-0.4, -0.2) is 56.5 Å². The van der Waals surface area contributed by atoms with Crippen LogP contribution >= 0.6 is 11.8 Å². The lowest BCUT2D eigenvalue weighted by atomic mass is 10.0. The maximum atomic E-state index is 11.9. The van der Waals surface area contributed by atoms with Crippen LogP contribution in [0, 0.1) is 0 Å². The summed E-state index contributed by atoms with van der Waals surface area (Å²) >= 11 is 1.38. The molecular weight excluding hydrogens is 348 g/mol. The van der Waals surface area contributed by atoms with E-state index in [0.29, 0.717) is 17.1 Å². The average Bonchev–Trinajstić information content (AvgIpc) is 2.57. The molecule has 132 valence electrons. The number of Topliss-reactive ketones (excluding diaryl/α,β-unsaturated/α-hetero) is 1. The summed E-state index contributed by atoms with van der Waals surface area (Å²) in [5, 5.41) is 18.9. The molecule has 0 aliphatic carbocycles. The number of β-lactam (4-membered cyclic amide) rings is 1. The fraction of sp³-hybridized carbons (Fsp3) is 0.312. The van der Waals surface area contributed by atoms with Crippen molar-refractivity contribution in [1.82, 2.24) is 4.90 Å². The molecule has 1 unspecified atom stereocenters. The fourth-order valence-electron chi connectivity index (χ4n) is 2.76. The zero-order chi connectivity index (χ0) is 18.3. The van der Waals surface area contributed by atoms with Gasteiger partial charge < -0.3 is 20.7 Å². The van der Waals surface area contributed by atoms with Gasteiger partial charge in [0.15, 0.2) is 5.78 Å². The van der Waals surface area contributed by atoms with Gasteiger partial charge in [0.05, 0.1) is 5.56 Å². The quantitative estimate of drug-likeness (QED) is 0.510. The maximum Gasteiger partial charge on any atom is 0.352 e. The van der Waals surface area contributed by atoms with Crippen molar-refractivity contribution in [2.24, 2.45) is 5.73 Å². The van der Waals surface area contributed by atoms with E-state index < -0.39 is 17.9 Å². The van der Waals surface area contributed by atoms with Gasteiger partial charge in [0.2, 0.25) is 5.91 Å². The zero-order valence-electron chi connectivity index (χ0n) is 13.3. The van der Waals surface area contributed by atoms with Crippen molar-refractivity contribution in [3.63, 3.8) is 0 Å². The lowest BCUT2D eigenvalue weighted by Gasteiger charge is -2.47. The molecule has 1 amide bonds. The topological polar surface area (TPSA) is 130 Å². The highest BCUT2D eigenvalue weighted by Crippen LogP contribution is 2.39. The molecule has 0 saturated carbocycles. The third-order valence-corrected chi connectivity index (χ3v) is 5.41. The van der Waals surface area contributed by atoms with Gasteiger partial charge in [-0.15, -0.1) is 11.8 Å². The lowest BCUT2D eigenvalue weighted by molar-refractivity contribution is -0.148. The number of hydrogen-bond donors (Lipinski definition) is 3. The number of amides is 1. The molecule has 2 heterocycles. The first kappa shape index (κ1) is 17.3. The minimum atomic E-state index is -1.21. The number of nitrogens with two attached hydrogens (primary N) is 1. The number of phenolic OH excluding ortho intramolecular Hbond substituents is 1. The SMILES string of the molecule is CC(=O)c1ccc(OCC2=C(C(=O)O)N3C(=O)C(N)[C@@H]3SC2)cc1O. The van der Waals surface area contributed by atoms with Crippen molar-refractivity contribution in [3.8, 4) is 11.5 Å². The summed E-state index contributed by atoms with van der Waals surface area (Å²) in [5.74, 6) is -1.45. The first-order valence-corrected chi connectivity index (χ1v) is 8.48. The molecule has 0 bridgehead atoms. The van der Waals surface area contributed by atoms with Crippen LogP contribution in [0.1, 0.15) is 17.3 Å². The zero-order valence-corrected chi connectivity index (χ0v) is 14.1. The largest absolute Gasteiger partial charge is 0.507 e. The second kappa shape index (κ2) is 6.41. The Bertz CT molecular complexity index is 806. The average molecular weight is 364 g/mol. The Kier molecular flexibility index (Phi) is 4.44. The van der Waals surface area contributed by atoms with E-state index in [1.165, 1.54) is 41.8 Å². The minimum Gasteiger partial charge on any atom is -0.507 e. The molecule has 1 saturated heterocycles. The fourth-order valence-corrected chi connectivity index (χ4v) is 4.03. The van der Waals surface area contributed by atoms with Crippen molar-refractivity contribution in [1.29, 1.82) is 0 Å². The van der Waals surface area contributed by atoms with Gasteiger partial charge in [-0.3, -0.25) is 14.5 Å². The Balaban J connectivity index is 1.79. The van der Waals surface area contributed by atoms with E-state index in [4.69, 9.17) is 10.5 Å². The van der Waals surface area contributed by atoms with Crippen LogP contribution < -0.4 is 10.5 Å². The van der Waals surface area contributed by atoms with Crippen molar-refractivity contribution in [2.75, 3.05) is 12.4 Å². The molecule has 0 radical (unpaired) electrons. The number of benzene rings is 1. The number of aliphatic carboxylic acids is 1. The van der Waals surface area contributed by atoms with E-state index in [9.17, 15) is 24.6 Å². The number of carboxylic acid groups (broad SMARTS) is 1. The van der Waals surface area contributed by atoms with Crippen LogP contribution in [0.2, 0.25) is 0 Å². The van der Waals surface area contributed by atoms with Crippen molar-refractivity contribution >= 4 is 29.4 Å². The molecule has 1 aromatic carbocycles. The predicted molar refractivity (Wildman–Crippen MR) is 89.3 cm³/mol. The van der Waals surface area contributed by atoms with Gasteiger partial charge in [-0.25, -0.2) is 4.79 Å². The number of phenols is 1. The normalized spacial score (nSPS) is 22.3. The van der Waals surface area contributed by atoms with Crippen LogP contribution in [0.3, 0.4) is 0 Å². The monoisotopic (exact) mass is 364 g/mol. The van der Waals surface area contributed by atoms with E-state index >= 15 is 0 Å². The van der Waals surface area contributed by atoms with Crippen LogP contribution in [0.5, 0.6) is 11.5 Å². The first-order chi connectivity index (χ1) is 11.8. The number of ketones is 1. The molecule has 0 aromatic heterocycles. The number of hydrogen-bond acceptors (Lipinski definition) is 7. The highest BCUT2D eigenvalue weighted by atomic mass is 32.2. The van der Waals surface area contributed by atoms with Gasteiger partial charge in [-0.1, -0.05) is 0 Å². The standard InChI is InChI=1S/C16H16N2O6S/c1-7(19)10-3-2-9(4-11(10)20)24-5-8-6-25-15-12(17)14(21)18(15)13(8)16(22)23/h2-4,12,15,20H,5-6,17H2,1H3,(H,22,23)/t12?,15-/m0/s1. The molecule has 25 heavy (non-hydrogen) atoms. The molecule has 8 nitrogen and oxygen atoms in total. The Morgan fingerprint density at radius 1 is 1.44 bits per heavy atom. The molecule has 2 atom stereocenters. The molecule has 1 aromatic rings. The summed E-state index contributed by atoms with van der Waals surface area (Å²) in [6, 6.07) is 3.56. The summed E-state index contributed by atoms with van der Waals surface area (Å²) in [6.45, 7) is 1.28. The molecule has 4 N–H and O–H groups in total. The van der Waals surface area contributed by atoms with Crippen LogP contribution in [0.15, 0.2) is 29.5 Å². The Morgan fingerprint density at radius 3 is 2.76 bits per heavy atom. The van der Waals surface area contributed by atoms with Gasteiger partial charge in [0.25, 0.3) is 0 Å². The van der Waals surface area contributed by atoms with Crippen molar-refractivity contribution < 1.29 is 29.3 Å². The highest BCUT2D eigenvalue weighted by Gasteiger charge is 2.51. The summed E-state index contributed by atoms with van der Waals surface area (Å²) in [6.07, 6.45) is 0. The summed E-state index contributed by atoms with van der Waals surface area (Å²) in [5.41, 5.74) is 6.22. The van der Waals surface area contributed by atoms with Crippen LogP contribution in [0.4, 0.5) is 0 Å². The predicted octanol–water partition coefficient (Wildman–Crippen LogP) is 0.555. The van der Waals surface area contributed by atoms with Gasteiger partial charge >= 0.3 is 5.97 Å². The summed E-state index contributed by atoms with van der Waals surface area (Å²) in [7, 11) is 0. The Morgan fingerprint density at radius 2 is 2.16 bits per heavy atom. The molecule has 1 fully saturated rings. The number of fused-ring (bicyclic) bond motifs is 1.